The Labute approximate surface area is 51.7 Å². The molecule has 0 aromatic carbocycles. The van der Waals surface area contributed by atoms with E-state index in [-0.39, 0.29) is 12.4 Å². The molecule has 50 valence electrons. The Morgan fingerprint density at radius 3 is 2.00 bits per heavy atom. The van der Waals surface area contributed by atoms with E-state index in [0.29, 0.717) is 0 Å². The number of hydrogen-bond donors (Lipinski definition) is 1. The fourth-order valence-electron chi connectivity index (χ4n) is 0.109. The molecule has 0 unspecified atom stereocenters. The summed E-state index contributed by atoms with van der Waals surface area (Å²) < 4.78 is 22.0. The molecule has 5 heteroatoms. The zero-order valence-electron chi connectivity index (χ0n) is 4.15. The normalized spacial score (nSPS) is 8.00. The highest BCUT2D eigenvalue weighted by atomic mass is 35.5. The Bertz CT molecular complexity index is 77.7. The van der Waals surface area contributed by atoms with E-state index in [1.807, 2.05) is 0 Å². The van der Waals surface area contributed by atoms with Crippen molar-refractivity contribution in [3.8, 4) is 0 Å². The van der Waals surface area contributed by atoms with Crippen LogP contribution in [0.3, 0.4) is 0 Å². The van der Waals surface area contributed by atoms with Crippen molar-refractivity contribution in [2.75, 3.05) is 7.05 Å². The SMILES string of the molecule is CNC(=O)C(F)F.Cl. The standard InChI is InChI=1S/C3H5F2NO.ClH/c1-6-3(7)2(4)5;/h2H,1H3,(H,6,7);1H. The molecule has 0 atom stereocenters. The van der Waals surface area contributed by atoms with Crippen molar-refractivity contribution in [2.45, 2.75) is 6.43 Å². The zero-order valence-corrected chi connectivity index (χ0v) is 4.97. The van der Waals surface area contributed by atoms with Crippen LogP contribution in [0.1, 0.15) is 0 Å². The number of nitrogens with one attached hydrogen (secondary N) is 1. The number of halogens is 3. The fraction of sp³-hybridized carbons (Fsp3) is 0.667. The summed E-state index contributed by atoms with van der Waals surface area (Å²) in [6.45, 7) is 0. The van der Waals surface area contributed by atoms with Gasteiger partial charge in [-0.1, -0.05) is 0 Å². The van der Waals surface area contributed by atoms with Crippen molar-refractivity contribution < 1.29 is 13.6 Å². The number of carbonyl (C=O) groups excluding carboxylic acids is 1. The summed E-state index contributed by atoms with van der Waals surface area (Å²) in [5, 5.41) is 1.78. The third-order valence-electron chi connectivity index (χ3n) is 0.445. The molecule has 0 radical (unpaired) electrons. The van der Waals surface area contributed by atoms with Crippen LogP contribution in [0.25, 0.3) is 0 Å². The lowest BCUT2D eigenvalue weighted by Crippen LogP contribution is -2.25. The van der Waals surface area contributed by atoms with Crippen molar-refractivity contribution in [3.05, 3.63) is 0 Å². The van der Waals surface area contributed by atoms with Gasteiger partial charge in [-0.25, -0.2) is 0 Å². The highest BCUT2D eigenvalue weighted by molar-refractivity contribution is 5.85. The average Bonchev–Trinajstić information content (AvgIpc) is 1.65. The predicted octanol–water partition coefficient (Wildman–Crippen LogP) is 0.419. The van der Waals surface area contributed by atoms with Gasteiger partial charge in [0.2, 0.25) is 0 Å². The monoisotopic (exact) mass is 145 g/mol. The summed E-state index contributed by atoms with van der Waals surface area (Å²) in [5.41, 5.74) is 0. The predicted molar refractivity (Wildman–Crippen MR) is 27.3 cm³/mol. The Morgan fingerprint density at radius 2 is 2.00 bits per heavy atom. The van der Waals surface area contributed by atoms with Crippen molar-refractivity contribution in [3.63, 3.8) is 0 Å². The Balaban J connectivity index is 0. The number of hydrogen-bond acceptors (Lipinski definition) is 1. The highest BCUT2D eigenvalue weighted by Crippen LogP contribution is 1.88. The molecule has 0 aromatic heterocycles. The van der Waals surface area contributed by atoms with Gasteiger partial charge in [-0.3, -0.25) is 4.79 Å². The number of amides is 1. The van der Waals surface area contributed by atoms with Gasteiger partial charge in [0.15, 0.2) is 0 Å². The van der Waals surface area contributed by atoms with Crippen molar-refractivity contribution in [1.82, 2.24) is 5.32 Å². The second kappa shape index (κ2) is 4.77. The molecule has 0 bridgehead atoms. The Morgan fingerprint density at radius 1 is 1.62 bits per heavy atom. The van der Waals surface area contributed by atoms with E-state index in [1.54, 1.807) is 5.32 Å². The van der Waals surface area contributed by atoms with Gasteiger partial charge in [0, 0.05) is 7.05 Å². The van der Waals surface area contributed by atoms with Crippen molar-refractivity contribution in [1.29, 1.82) is 0 Å². The number of alkyl halides is 2. The summed E-state index contributed by atoms with van der Waals surface area (Å²) in [6, 6.07) is 0. The third kappa shape index (κ3) is 3.80. The quantitative estimate of drug-likeness (QED) is 0.569. The van der Waals surface area contributed by atoms with Crippen LogP contribution in [0.5, 0.6) is 0 Å². The first-order chi connectivity index (χ1) is 3.18. The number of carbonyl (C=O) groups is 1. The lowest BCUT2D eigenvalue weighted by Gasteiger charge is -1.91. The summed E-state index contributed by atoms with van der Waals surface area (Å²) in [5.74, 6) is -1.24. The van der Waals surface area contributed by atoms with Gasteiger partial charge in [0.1, 0.15) is 0 Å². The zero-order chi connectivity index (χ0) is 5.86. The Hall–Kier alpha value is -0.380. The van der Waals surface area contributed by atoms with Gasteiger partial charge in [-0.05, 0) is 0 Å². The van der Waals surface area contributed by atoms with Crippen LogP contribution in [-0.2, 0) is 4.79 Å². The largest absolute Gasteiger partial charge is 0.354 e. The van der Waals surface area contributed by atoms with E-state index >= 15 is 0 Å². The minimum atomic E-state index is -2.88. The molecule has 0 aliphatic carbocycles. The molecule has 0 fully saturated rings. The molecule has 0 aliphatic heterocycles. The summed E-state index contributed by atoms with van der Waals surface area (Å²) >= 11 is 0. The van der Waals surface area contributed by atoms with Crippen molar-refractivity contribution in [2.24, 2.45) is 0 Å². The maximum absolute atomic E-state index is 11.0. The first-order valence-electron chi connectivity index (χ1n) is 1.68. The maximum Gasteiger partial charge on any atom is 0.315 e. The summed E-state index contributed by atoms with van der Waals surface area (Å²) in [7, 11) is 1.16. The molecule has 0 aliphatic rings. The molecule has 2 nitrogen and oxygen atoms in total. The summed E-state index contributed by atoms with van der Waals surface area (Å²) in [4.78, 5) is 9.65. The molecule has 0 spiro atoms. The topological polar surface area (TPSA) is 29.1 Å². The highest BCUT2D eigenvalue weighted by Gasteiger charge is 2.10. The van der Waals surface area contributed by atoms with Crippen LogP contribution in [-0.4, -0.2) is 19.4 Å². The van der Waals surface area contributed by atoms with Gasteiger partial charge in [0.05, 0.1) is 0 Å². The molecule has 0 rings (SSSR count). The van der Waals surface area contributed by atoms with Crippen LogP contribution in [0.4, 0.5) is 8.78 Å². The molecule has 0 saturated heterocycles. The molecule has 0 heterocycles. The van der Waals surface area contributed by atoms with E-state index in [9.17, 15) is 13.6 Å². The number of rotatable bonds is 1. The Kier molecular flexibility index (Phi) is 6.31. The third-order valence-corrected chi connectivity index (χ3v) is 0.445. The first kappa shape index (κ1) is 10.6. The van der Waals surface area contributed by atoms with Crippen LogP contribution >= 0.6 is 12.4 Å². The molecular formula is C3H6ClF2NO. The van der Waals surface area contributed by atoms with Crippen LogP contribution in [0, 0.1) is 0 Å². The van der Waals surface area contributed by atoms with Gasteiger partial charge in [-0.15, -0.1) is 12.4 Å². The van der Waals surface area contributed by atoms with Gasteiger partial charge >= 0.3 is 6.43 Å². The van der Waals surface area contributed by atoms with E-state index < -0.39 is 12.3 Å². The van der Waals surface area contributed by atoms with E-state index in [2.05, 4.69) is 0 Å². The molecule has 8 heavy (non-hydrogen) atoms. The summed E-state index contributed by atoms with van der Waals surface area (Å²) in [6.07, 6.45) is -2.88. The van der Waals surface area contributed by atoms with E-state index in [1.165, 1.54) is 0 Å². The molecule has 1 N–H and O–H groups in total. The van der Waals surface area contributed by atoms with Gasteiger partial charge in [0.25, 0.3) is 5.91 Å². The fourth-order valence-corrected chi connectivity index (χ4v) is 0.109. The van der Waals surface area contributed by atoms with Crippen molar-refractivity contribution >= 4 is 18.3 Å². The molecular weight excluding hydrogens is 139 g/mol. The minimum absolute atomic E-state index is 0. The minimum Gasteiger partial charge on any atom is -0.354 e. The van der Waals surface area contributed by atoms with E-state index in [4.69, 9.17) is 0 Å². The molecule has 0 saturated carbocycles. The second-order valence-corrected chi connectivity index (χ2v) is 0.915. The average molecular weight is 146 g/mol. The van der Waals surface area contributed by atoms with E-state index in [0.717, 1.165) is 7.05 Å². The smallest absolute Gasteiger partial charge is 0.315 e. The van der Waals surface area contributed by atoms with Crippen LogP contribution < -0.4 is 5.32 Å². The van der Waals surface area contributed by atoms with Gasteiger partial charge in [-0.2, -0.15) is 8.78 Å². The second-order valence-electron chi connectivity index (χ2n) is 0.915. The lowest BCUT2D eigenvalue weighted by atomic mass is 10.6. The van der Waals surface area contributed by atoms with Crippen LogP contribution in [0.15, 0.2) is 0 Å². The maximum atomic E-state index is 11.0. The molecule has 0 aromatic rings. The van der Waals surface area contributed by atoms with Gasteiger partial charge < -0.3 is 5.32 Å². The lowest BCUT2D eigenvalue weighted by molar-refractivity contribution is -0.131. The molecule has 1 amide bonds. The first-order valence-corrected chi connectivity index (χ1v) is 1.68. The van der Waals surface area contributed by atoms with Crippen LogP contribution in [0.2, 0.25) is 0 Å².